The molecule has 2 aromatic rings. The summed E-state index contributed by atoms with van der Waals surface area (Å²) in [6, 6.07) is 11.7. The summed E-state index contributed by atoms with van der Waals surface area (Å²) in [4.78, 5) is 11.6. The number of benzene rings is 2. The van der Waals surface area contributed by atoms with Gasteiger partial charge in [-0.05, 0) is 23.8 Å². The van der Waals surface area contributed by atoms with Crippen LogP contribution in [-0.4, -0.2) is 48.8 Å². The molecule has 1 atom stereocenters. The number of rotatable bonds is 3. The van der Waals surface area contributed by atoms with Crippen LogP contribution in [0.2, 0.25) is 10.0 Å². The number of nitrogen functional groups attached to an aromatic ring is 1. The summed E-state index contributed by atoms with van der Waals surface area (Å²) < 4.78 is 0. The van der Waals surface area contributed by atoms with E-state index >= 15 is 0 Å². The number of anilines is 1. The first-order valence-corrected chi connectivity index (χ1v) is 6.29. The van der Waals surface area contributed by atoms with Gasteiger partial charge in [0.2, 0.25) is 0 Å². The Morgan fingerprint density at radius 1 is 1.05 bits per heavy atom. The number of carbonyl (C=O) groups is 1. The molecule has 102 valence electrons. The Kier molecular flexibility index (Phi) is 6.62. The zero-order valence-electron chi connectivity index (χ0n) is 9.81. The first kappa shape index (κ1) is 17.6. The first-order chi connectivity index (χ1) is 9.02. The average molecular weight is 338 g/mol. The van der Waals surface area contributed by atoms with Crippen LogP contribution in [0.25, 0.3) is 0 Å². The Morgan fingerprint density at radius 3 is 2.10 bits per heavy atom. The molecule has 0 aliphatic heterocycles. The van der Waals surface area contributed by atoms with E-state index in [1.165, 1.54) is 0 Å². The van der Waals surface area contributed by atoms with Crippen LogP contribution in [-0.2, 0) is 4.79 Å². The third-order valence-corrected chi connectivity index (χ3v) is 3.50. The van der Waals surface area contributed by atoms with Crippen molar-refractivity contribution in [3.05, 3.63) is 63.6 Å². The van der Waals surface area contributed by atoms with Crippen LogP contribution in [0.15, 0.2) is 42.5 Å². The number of para-hydroxylation sites is 1. The van der Waals surface area contributed by atoms with Crippen molar-refractivity contribution >= 4 is 72.6 Å². The zero-order valence-corrected chi connectivity index (χ0v) is 11.3. The minimum absolute atomic E-state index is 0. The van der Waals surface area contributed by atoms with Gasteiger partial charge in [0, 0.05) is 21.3 Å². The number of carboxylic acids is 1. The fraction of sp³-hybridized carbons (Fsp3) is 0.0714. The summed E-state index contributed by atoms with van der Waals surface area (Å²) in [6.45, 7) is 0. The van der Waals surface area contributed by atoms with Gasteiger partial charge in [0.1, 0.15) is 5.92 Å². The summed E-state index contributed by atoms with van der Waals surface area (Å²) in [5.41, 5.74) is 7.08. The predicted octanol–water partition coefficient (Wildman–Crippen LogP) is 2.88. The topological polar surface area (TPSA) is 63.3 Å². The standard InChI is InChI=1S/C14H11Cl2NO2.Ca.2H/c15-9-5-3-6-10(16)13(9)12(14(18)19)8-4-1-2-7-11(8)17;;;/h1-7,12H,17H2,(H,18,19);;;. The molecule has 0 amide bonds. The van der Waals surface area contributed by atoms with Crippen molar-refractivity contribution in [3.8, 4) is 0 Å². The van der Waals surface area contributed by atoms with Crippen LogP contribution in [0.5, 0.6) is 0 Å². The summed E-state index contributed by atoms with van der Waals surface area (Å²) in [5.74, 6) is -2.03. The molecule has 3 N–H and O–H groups in total. The molecule has 2 aromatic carbocycles. The number of carboxylic acid groups (broad SMARTS) is 1. The quantitative estimate of drug-likeness (QED) is 0.668. The van der Waals surface area contributed by atoms with Gasteiger partial charge in [0.15, 0.2) is 0 Å². The first-order valence-electron chi connectivity index (χ1n) is 5.53. The molecular weight excluding hydrogens is 325 g/mol. The maximum atomic E-state index is 11.6. The molecule has 0 heterocycles. The molecule has 0 radical (unpaired) electrons. The van der Waals surface area contributed by atoms with Crippen LogP contribution < -0.4 is 5.73 Å². The Balaban J connectivity index is 0.00000200. The molecular formula is C14H13CaCl2NO2. The van der Waals surface area contributed by atoms with Gasteiger partial charge in [-0.15, -0.1) is 0 Å². The number of hydrogen-bond donors (Lipinski definition) is 2. The number of nitrogens with two attached hydrogens (primary N) is 1. The number of aliphatic carboxylic acids is 1. The average Bonchev–Trinajstić information content (AvgIpc) is 2.35. The summed E-state index contributed by atoms with van der Waals surface area (Å²) in [7, 11) is 0. The van der Waals surface area contributed by atoms with Gasteiger partial charge >= 0.3 is 43.7 Å². The Hall–Kier alpha value is -0.450. The van der Waals surface area contributed by atoms with Crippen LogP contribution in [0.3, 0.4) is 0 Å². The van der Waals surface area contributed by atoms with E-state index in [1.54, 1.807) is 42.5 Å². The molecule has 0 spiro atoms. The van der Waals surface area contributed by atoms with E-state index in [1.807, 2.05) is 0 Å². The molecule has 0 aromatic heterocycles. The van der Waals surface area contributed by atoms with Crippen molar-refractivity contribution in [2.24, 2.45) is 0 Å². The molecule has 0 saturated heterocycles. The molecule has 0 aliphatic carbocycles. The molecule has 20 heavy (non-hydrogen) atoms. The van der Waals surface area contributed by atoms with Crippen molar-refractivity contribution < 1.29 is 9.90 Å². The van der Waals surface area contributed by atoms with Crippen molar-refractivity contribution in [2.75, 3.05) is 5.73 Å². The Morgan fingerprint density at radius 2 is 1.60 bits per heavy atom. The van der Waals surface area contributed by atoms with E-state index in [4.69, 9.17) is 28.9 Å². The summed E-state index contributed by atoms with van der Waals surface area (Å²) in [6.07, 6.45) is 0. The molecule has 0 fully saturated rings. The number of hydrogen-bond acceptors (Lipinski definition) is 2. The third kappa shape index (κ3) is 3.60. The van der Waals surface area contributed by atoms with Crippen molar-refractivity contribution in [3.63, 3.8) is 0 Å². The van der Waals surface area contributed by atoms with Crippen molar-refractivity contribution in [2.45, 2.75) is 5.92 Å². The van der Waals surface area contributed by atoms with Crippen LogP contribution in [0, 0.1) is 0 Å². The second-order valence-electron chi connectivity index (χ2n) is 4.04. The van der Waals surface area contributed by atoms with Gasteiger partial charge in [-0.1, -0.05) is 47.5 Å². The predicted molar refractivity (Wildman–Crippen MR) is 85.3 cm³/mol. The van der Waals surface area contributed by atoms with E-state index in [0.717, 1.165) is 0 Å². The van der Waals surface area contributed by atoms with Crippen LogP contribution in [0.1, 0.15) is 17.0 Å². The second kappa shape index (κ2) is 7.53. The number of halogens is 2. The minimum atomic E-state index is -1.05. The van der Waals surface area contributed by atoms with Gasteiger partial charge < -0.3 is 10.8 Å². The molecule has 1 unspecified atom stereocenters. The van der Waals surface area contributed by atoms with E-state index < -0.39 is 11.9 Å². The van der Waals surface area contributed by atoms with Crippen LogP contribution in [0.4, 0.5) is 5.69 Å². The normalized spacial score (nSPS) is 11.5. The van der Waals surface area contributed by atoms with Gasteiger partial charge in [-0.2, -0.15) is 0 Å². The molecule has 2 rings (SSSR count). The molecule has 0 bridgehead atoms. The second-order valence-corrected chi connectivity index (χ2v) is 4.85. The third-order valence-electron chi connectivity index (χ3n) is 2.84. The van der Waals surface area contributed by atoms with Gasteiger partial charge in [0.05, 0.1) is 0 Å². The van der Waals surface area contributed by atoms with Gasteiger partial charge in [-0.3, -0.25) is 4.79 Å². The maximum absolute atomic E-state index is 11.6. The summed E-state index contributed by atoms with van der Waals surface area (Å²) in [5, 5.41) is 10.1. The van der Waals surface area contributed by atoms with Crippen molar-refractivity contribution in [1.82, 2.24) is 0 Å². The van der Waals surface area contributed by atoms with Gasteiger partial charge in [-0.25, -0.2) is 0 Å². The molecule has 0 saturated carbocycles. The van der Waals surface area contributed by atoms with E-state index in [9.17, 15) is 9.90 Å². The molecule has 0 aliphatic rings. The molecule has 3 nitrogen and oxygen atoms in total. The van der Waals surface area contributed by atoms with Crippen molar-refractivity contribution in [1.29, 1.82) is 0 Å². The fourth-order valence-electron chi connectivity index (χ4n) is 1.97. The monoisotopic (exact) mass is 337 g/mol. The summed E-state index contributed by atoms with van der Waals surface area (Å²) >= 11 is 12.2. The zero-order chi connectivity index (χ0) is 14.0. The fourth-order valence-corrected chi connectivity index (χ4v) is 2.59. The molecule has 6 heteroatoms. The van der Waals surface area contributed by atoms with E-state index in [2.05, 4.69) is 0 Å². The Labute approximate surface area is 156 Å². The van der Waals surface area contributed by atoms with Crippen LogP contribution >= 0.6 is 23.2 Å². The SMILES string of the molecule is Nc1ccccc1C(C(=O)O)c1c(Cl)cccc1Cl.[CaH2]. The van der Waals surface area contributed by atoms with Gasteiger partial charge in [0.25, 0.3) is 0 Å². The van der Waals surface area contributed by atoms with E-state index in [-0.39, 0.29) is 37.7 Å². The van der Waals surface area contributed by atoms with E-state index in [0.29, 0.717) is 26.9 Å². The Bertz CT molecular complexity index is 614.